The summed E-state index contributed by atoms with van der Waals surface area (Å²) in [5.41, 5.74) is -1.69. The highest BCUT2D eigenvalue weighted by molar-refractivity contribution is 6.74. The van der Waals surface area contributed by atoms with Crippen molar-refractivity contribution in [3.63, 3.8) is 0 Å². The Morgan fingerprint density at radius 2 is 1.61 bits per heavy atom. The highest BCUT2D eigenvalue weighted by atomic mass is 28.4. The van der Waals surface area contributed by atoms with Crippen LogP contribution in [0.4, 0.5) is 0 Å². The molecule has 1 unspecified atom stereocenters. The molecule has 0 aromatic rings. The van der Waals surface area contributed by atoms with E-state index in [1.807, 2.05) is 26.9 Å². The second-order valence-electron chi connectivity index (χ2n) is 11.2. The van der Waals surface area contributed by atoms with Crippen LogP contribution in [0.5, 0.6) is 0 Å². The maximum absolute atomic E-state index is 12.4. The van der Waals surface area contributed by atoms with Crippen LogP contribution in [0.15, 0.2) is 0 Å². The molecule has 28 heavy (non-hydrogen) atoms. The second kappa shape index (κ2) is 8.11. The molecule has 4 atom stereocenters. The van der Waals surface area contributed by atoms with Gasteiger partial charge in [-0.15, -0.1) is 0 Å². The van der Waals surface area contributed by atoms with Crippen LogP contribution < -0.4 is 0 Å². The van der Waals surface area contributed by atoms with E-state index in [1.54, 1.807) is 0 Å². The summed E-state index contributed by atoms with van der Waals surface area (Å²) in [4.78, 5) is 23.1. The third-order valence-electron chi connectivity index (χ3n) is 7.25. The van der Waals surface area contributed by atoms with E-state index in [-0.39, 0.29) is 23.8 Å². The van der Waals surface area contributed by atoms with Crippen LogP contribution >= 0.6 is 0 Å². The van der Waals surface area contributed by atoms with Gasteiger partial charge in [-0.1, -0.05) is 34.6 Å². The number of esters is 1. The Labute approximate surface area is 172 Å². The molecular weight excluding hydrogens is 392 g/mol. The minimum absolute atomic E-state index is 0.0181. The summed E-state index contributed by atoms with van der Waals surface area (Å²) >= 11 is 0. The highest BCUT2D eigenvalue weighted by Gasteiger charge is 2.54. The first-order valence-corrected chi connectivity index (χ1v) is 16.0. The van der Waals surface area contributed by atoms with Crippen molar-refractivity contribution in [1.82, 2.24) is 0 Å². The molecule has 0 amide bonds. The maximum Gasteiger partial charge on any atom is 0.337 e. The van der Waals surface area contributed by atoms with Crippen LogP contribution in [-0.2, 0) is 14.0 Å². The quantitative estimate of drug-likeness (QED) is 0.438. The molecule has 0 aromatic carbocycles. The fourth-order valence-electron chi connectivity index (χ4n) is 3.52. The first-order chi connectivity index (χ1) is 12.3. The molecule has 166 valence electrons. The first kappa shape index (κ1) is 25.8. The summed E-state index contributed by atoms with van der Waals surface area (Å²) in [6, 6.07) is 0. The van der Waals surface area contributed by atoms with E-state index < -0.39 is 45.5 Å². The third-order valence-corrected chi connectivity index (χ3v) is 15.3. The van der Waals surface area contributed by atoms with E-state index in [0.717, 1.165) is 0 Å². The molecule has 0 saturated heterocycles. The second-order valence-corrected chi connectivity index (χ2v) is 20.5. The number of rotatable bonds is 6. The summed E-state index contributed by atoms with van der Waals surface area (Å²) < 4.78 is 11.3. The van der Waals surface area contributed by atoms with Gasteiger partial charge in [-0.2, -0.15) is 0 Å². The van der Waals surface area contributed by atoms with Crippen molar-refractivity contribution in [3.8, 4) is 0 Å². The molecule has 1 fully saturated rings. The molecule has 0 aliphatic heterocycles. The number of hydrogen-bond donors (Lipinski definition) is 3. The van der Waals surface area contributed by atoms with Crippen molar-refractivity contribution in [2.45, 2.75) is 108 Å². The lowest BCUT2D eigenvalue weighted by molar-refractivity contribution is -0.181. The van der Waals surface area contributed by atoms with Crippen molar-refractivity contribution in [2.24, 2.45) is 5.92 Å². The summed E-state index contributed by atoms with van der Waals surface area (Å²) in [5.74, 6) is -1.06. The van der Waals surface area contributed by atoms with Gasteiger partial charge in [0.15, 0.2) is 22.2 Å². The minimum Gasteiger partial charge on any atom is -0.467 e. The lowest BCUT2D eigenvalue weighted by Gasteiger charge is -2.49. The normalized spacial score (nSPS) is 30.2. The first-order valence-electron chi connectivity index (χ1n) is 10.2. The van der Waals surface area contributed by atoms with E-state index in [9.17, 15) is 19.8 Å². The van der Waals surface area contributed by atoms with Gasteiger partial charge in [0.2, 0.25) is 0 Å². The van der Waals surface area contributed by atoms with Crippen molar-refractivity contribution in [1.29, 1.82) is 0 Å². The molecular formula is C20H42O6Si2. The Morgan fingerprint density at radius 3 is 2.00 bits per heavy atom. The van der Waals surface area contributed by atoms with Crippen LogP contribution in [0, 0.1) is 5.92 Å². The highest BCUT2D eigenvalue weighted by Crippen LogP contribution is 2.48. The van der Waals surface area contributed by atoms with E-state index in [1.165, 1.54) is 7.11 Å². The Kier molecular flexibility index (Phi) is 7.47. The molecule has 0 heterocycles. The molecule has 0 bridgehead atoms. The molecule has 0 aromatic heterocycles. The summed E-state index contributed by atoms with van der Waals surface area (Å²) in [6.45, 7) is 18.2. The zero-order chi connectivity index (χ0) is 22.3. The largest absolute Gasteiger partial charge is 0.467 e. The zero-order valence-corrected chi connectivity index (χ0v) is 21.4. The molecule has 8 heteroatoms. The van der Waals surface area contributed by atoms with Crippen molar-refractivity contribution in [3.05, 3.63) is 0 Å². The van der Waals surface area contributed by atoms with Gasteiger partial charge in [-0.05, 0) is 55.0 Å². The van der Waals surface area contributed by atoms with Gasteiger partial charge in [0.25, 0.3) is 0 Å². The zero-order valence-electron chi connectivity index (χ0n) is 19.4. The lowest BCUT2D eigenvalue weighted by atomic mass is 9.72. The average Bonchev–Trinajstić information content (AvgIpc) is 2.48. The summed E-state index contributed by atoms with van der Waals surface area (Å²) in [7, 11) is -3.49. The predicted octanol–water partition coefficient (Wildman–Crippen LogP) is 3.42. The van der Waals surface area contributed by atoms with E-state index >= 15 is 0 Å². The summed E-state index contributed by atoms with van der Waals surface area (Å²) in [6.07, 6.45) is -0.839. The van der Waals surface area contributed by atoms with Gasteiger partial charge >= 0.3 is 5.97 Å². The van der Waals surface area contributed by atoms with Crippen LogP contribution in [-0.4, -0.2) is 62.5 Å². The molecule has 1 saturated carbocycles. The maximum atomic E-state index is 12.4. The molecule has 1 aliphatic rings. The fraction of sp³-hybridized carbons (Fsp3) is 0.950. The van der Waals surface area contributed by atoms with Crippen LogP contribution in [0.2, 0.25) is 36.3 Å². The van der Waals surface area contributed by atoms with Crippen LogP contribution in [0.3, 0.4) is 0 Å². The number of carbonyl (C=O) groups excluding carboxylic acids is 1. The third kappa shape index (κ3) is 5.46. The Hall–Kier alpha value is -0.256. The van der Waals surface area contributed by atoms with Gasteiger partial charge in [0.1, 0.15) is 0 Å². The molecule has 0 radical (unpaired) electrons. The van der Waals surface area contributed by atoms with Gasteiger partial charge in [-0.25, -0.2) is 4.79 Å². The minimum atomic E-state index is -2.52. The van der Waals surface area contributed by atoms with Gasteiger partial charge in [0.05, 0.1) is 19.3 Å². The lowest BCUT2D eigenvalue weighted by Crippen LogP contribution is -2.59. The molecule has 6 nitrogen and oxygen atoms in total. The van der Waals surface area contributed by atoms with Crippen molar-refractivity contribution >= 4 is 22.6 Å². The summed E-state index contributed by atoms with van der Waals surface area (Å²) in [5, 5.41) is 21.8. The molecule has 0 spiro atoms. The number of ether oxygens (including phenoxy) is 1. The number of hydrogen-bond acceptors (Lipinski definition) is 6. The van der Waals surface area contributed by atoms with E-state index in [4.69, 9.17) is 9.16 Å². The Balaban J connectivity index is 3.25. The molecule has 1 rings (SSSR count). The van der Waals surface area contributed by atoms with Gasteiger partial charge in [-0.3, -0.25) is 0 Å². The van der Waals surface area contributed by atoms with E-state index in [2.05, 4.69) is 33.9 Å². The van der Waals surface area contributed by atoms with Crippen molar-refractivity contribution in [2.75, 3.05) is 7.11 Å². The fourth-order valence-corrected chi connectivity index (χ4v) is 5.61. The number of methoxy groups -OCH3 is 1. The number of aliphatic hydroxyl groups excluding tert-OH is 1. The van der Waals surface area contributed by atoms with Gasteiger partial charge in [0, 0.05) is 6.42 Å². The predicted molar refractivity (Wildman–Crippen MR) is 116 cm³/mol. The molecule has 1 aliphatic carbocycles. The Morgan fingerprint density at radius 1 is 1.11 bits per heavy atom. The van der Waals surface area contributed by atoms with Crippen molar-refractivity contribution < 1.29 is 29.0 Å². The topological polar surface area (TPSA) is 96.2 Å². The SMILES string of the molecule is COC(=O)[C@]1(O)CC(CC(C)(C)[Si](C)(C)O)[C@@H](O)[C@H](O[Si](C)(C)C(C)(C)C)C1. The van der Waals surface area contributed by atoms with Crippen LogP contribution in [0.25, 0.3) is 0 Å². The van der Waals surface area contributed by atoms with Gasteiger partial charge < -0.3 is 24.2 Å². The smallest absolute Gasteiger partial charge is 0.337 e. The monoisotopic (exact) mass is 434 g/mol. The van der Waals surface area contributed by atoms with E-state index in [0.29, 0.717) is 6.42 Å². The Bertz CT molecular complexity index is 524. The number of carbonyl (C=O) groups is 1. The molecule has 3 N–H and O–H groups in total. The number of aliphatic hydroxyl groups is 2. The standard InChI is InChI=1S/C20H42O6Si2/c1-18(2,3)28(9,10)26-15-13-20(23,17(22)25-6)12-14(16(15)21)11-19(4,5)27(7,8)24/h14-16,21,23-24H,11-13H2,1-10H3/t14?,15-,16-,20+/m1/s1. The van der Waals surface area contributed by atoms with Crippen LogP contribution in [0.1, 0.15) is 53.9 Å². The average molecular weight is 435 g/mol.